The molecular formula is C12H26N2. The van der Waals surface area contributed by atoms with E-state index in [-0.39, 0.29) is 0 Å². The molecule has 0 amide bonds. The van der Waals surface area contributed by atoms with Crippen LogP contribution in [-0.2, 0) is 0 Å². The van der Waals surface area contributed by atoms with Crippen molar-refractivity contribution in [3.8, 4) is 0 Å². The van der Waals surface area contributed by atoms with Gasteiger partial charge in [0, 0.05) is 20.6 Å². The van der Waals surface area contributed by atoms with Crippen molar-refractivity contribution in [3.63, 3.8) is 0 Å². The van der Waals surface area contributed by atoms with E-state index in [1.807, 2.05) is 25.2 Å². The van der Waals surface area contributed by atoms with Gasteiger partial charge in [-0.2, -0.15) is 0 Å². The lowest BCUT2D eigenvalue weighted by molar-refractivity contribution is 0.274. The van der Waals surface area contributed by atoms with Crippen LogP contribution in [0.5, 0.6) is 0 Å². The fraction of sp³-hybridized carbons (Fsp3) is 0.833. The molecule has 2 atom stereocenters. The molecule has 0 aromatic carbocycles. The van der Waals surface area contributed by atoms with Crippen LogP contribution < -0.4 is 5.43 Å². The van der Waals surface area contributed by atoms with Crippen molar-refractivity contribution in [2.75, 3.05) is 20.6 Å². The van der Waals surface area contributed by atoms with Crippen molar-refractivity contribution in [3.05, 3.63) is 12.7 Å². The molecule has 2 nitrogen and oxygen atoms in total. The number of hydrogen-bond acceptors (Lipinski definition) is 2. The van der Waals surface area contributed by atoms with Crippen molar-refractivity contribution in [1.29, 1.82) is 0 Å². The van der Waals surface area contributed by atoms with E-state index in [1.165, 1.54) is 19.3 Å². The van der Waals surface area contributed by atoms with E-state index >= 15 is 0 Å². The lowest BCUT2D eigenvalue weighted by Gasteiger charge is -2.16. The van der Waals surface area contributed by atoms with Crippen molar-refractivity contribution in [2.24, 2.45) is 11.8 Å². The number of hydrazine groups is 1. The van der Waals surface area contributed by atoms with Gasteiger partial charge in [0.25, 0.3) is 0 Å². The Bertz CT molecular complexity index is 143. The van der Waals surface area contributed by atoms with E-state index in [1.54, 1.807) is 0 Å². The molecule has 2 heteroatoms. The largest absolute Gasteiger partial charge is 0.256 e. The Labute approximate surface area is 89.3 Å². The van der Waals surface area contributed by atoms with Gasteiger partial charge in [0.15, 0.2) is 0 Å². The van der Waals surface area contributed by atoms with Gasteiger partial charge in [0.05, 0.1) is 0 Å². The Hall–Kier alpha value is -0.340. The first kappa shape index (κ1) is 13.7. The number of allylic oxidation sites excluding steroid dienone is 1. The number of nitrogens with zero attached hydrogens (tertiary/aromatic N) is 1. The summed E-state index contributed by atoms with van der Waals surface area (Å²) in [5, 5.41) is 2.01. The summed E-state index contributed by atoms with van der Waals surface area (Å²) in [5.41, 5.74) is 3.29. The van der Waals surface area contributed by atoms with Crippen LogP contribution in [0.1, 0.15) is 33.1 Å². The lowest BCUT2D eigenvalue weighted by atomic mass is 9.96. The molecule has 0 radical (unpaired) electrons. The highest BCUT2D eigenvalue weighted by Crippen LogP contribution is 2.15. The molecule has 0 aromatic rings. The van der Waals surface area contributed by atoms with Gasteiger partial charge < -0.3 is 0 Å². The van der Waals surface area contributed by atoms with E-state index in [0.717, 1.165) is 12.5 Å². The summed E-state index contributed by atoms with van der Waals surface area (Å²) in [6, 6.07) is 0. The van der Waals surface area contributed by atoms with Crippen molar-refractivity contribution in [2.45, 2.75) is 33.1 Å². The van der Waals surface area contributed by atoms with Gasteiger partial charge in [0.1, 0.15) is 0 Å². The second kappa shape index (κ2) is 8.01. The Kier molecular flexibility index (Phi) is 7.81. The van der Waals surface area contributed by atoms with Gasteiger partial charge in [-0.1, -0.05) is 26.3 Å². The third-order valence-corrected chi connectivity index (χ3v) is 2.58. The highest BCUT2D eigenvalue weighted by atomic mass is 15.5. The van der Waals surface area contributed by atoms with E-state index in [0.29, 0.717) is 5.92 Å². The van der Waals surface area contributed by atoms with E-state index < -0.39 is 0 Å². The van der Waals surface area contributed by atoms with Gasteiger partial charge in [-0.3, -0.25) is 10.4 Å². The van der Waals surface area contributed by atoms with Gasteiger partial charge >= 0.3 is 0 Å². The highest BCUT2D eigenvalue weighted by Gasteiger charge is 2.04. The normalized spacial score (nSPS) is 15.5. The van der Waals surface area contributed by atoms with E-state index in [4.69, 9.17) is 0 Å². The third-order valence-electron chi connectivity index (χ3n) is 2.58. The maximum atomic E-state index is 3.80. The molecule has 1 N–H and O–H groups in total. The highest BCUT2D eigenvalue weighted by molar-refractivity contribution is 4.75. The molecule has 84 valence electrons. The van der Waals surface area contributed by atoms with Crippen LogP contribution in [0.25, 0.3) is 0 Å². The average molecular weight is 198 g/mol. The second-order valence-corrected chi connectivity index (χ2v) is 4.49. The molecule has 0 spiro atoms. The fourth-order valence-corrected chi connectivity index (χ4v) is 1.34. The first-order valence-corrected chi connectivity index (χ1v) is 5.59. The molecular weight excluding hydrogens is 172 g/mol. The minimum Gasteiger partial charge on any atom is -0.256 e. The van der Waals surface area contributed by atoms with Crippen LogP contribution in [0.2, 0.25) is 0 Å². The van der Waals surface area contributed by atoms with Gasteiger partial charge in [0.2, 0.25) is 0 Å². The Morgan fingerprint density at radius 2 is 1.86 bits per heavy atom. The zero-order chi connectivity index (χ0) is 11.0. The summed E-state index contributed by atoms with van der Waals surface area (Å²) >= 11 is 0. The van der Waals surface area contributed by atoms with Crippen LogP contribution >= 0.6 is 0 Å². The minimum absolute atomic E-state index is 0.666. The first-order chi connectivity index (χ1) is 6.56. The first-order valence-electron chi connectivity index (χ1n) is 5.59. The molecule has 0 aliphatic rings. The molecule has 0 aliphatic carbocycles. The molecule has 14 heavy (non-hydrogen) atoms. The fourth-order valence-electron chi connectivity index (χ4n) is 1.34. The predicted molar refractivity (Wildman–Crippen MR) is 64.1 cm³/mol. The maximum absolute atomic E-state index is 3.80. The van der Waals surface area contributed by atoms with Crippen LogP contribution in [0, 0.1) is 11.8 Å². The Balaban J connectivity index is 3.36. The molecule has 0 aliphatic heterocycles. The molecule has 0 bridgehead atoms. The standard InChI is InChI=1S/C12H26N2/c1-6-11(2)7-8-12(3)9-10-13-14(4)5/h6,11-13H,1,7-10H2,2-5H3. The zero-order valence-corrected chi connectivity index (χ0v) is 10.2. The van der Waals surface area contributed by atoms with Crippen molar-refractivity contribution >= 4 is 0 Å². The Morgan fingerprint density at radius 3 is 2.36 bits per heavy atom. The molecule has 0 fully saturated rings. The lowest BCUT2D eigenvalue weighted by Crippen LogP contribution is -2.31. The molecule has 0 aromatic heterocycles. The quantitative estimate of drug-likeness (QED) is 0.476. The zero-order valence-electron chi connectivity index (χ0n) is 10.2. The van der Waals surface area contributed by atoms with Crippen molar-refractivity contribution in [1.82, 2.24) is 10.4 Å². The second-order valence-electron chi connectivity index (χ2n) is 4.49. The summed E-state index contributed by atoms with van der Waals surface area (Å²) in [7, 11) is 4.06. The number of rotatable bonds is 8. The summed E-state index contributed by atoms with van der Waals surface area (Å²) < 4.78 is 0. The van der Waals surface area contributed by atoms with Crippen LogP contribution in [0.4, 0.5) is 0 Å². The van der Waals surface area contributed by atoms with Crippen LogP contribution in [-0.4, -0.2) is 25.6 Å². The predicted octanol–water partition coefficient (Wildman–Crippen LogP) is 2.68. The summed E-state index contributed by atoms with van der Waals surface area (Å²) in [5.74, 6) is 1.48. The monoisotopic (exact) mass is 198 g/mol. The summed E-state index contributed by atoms with van der Waals surface area (Å²) in [4.78, 5) is 0. The Morgan fingerprint density at radius 1 is 1.21 bits per heavy atom. The van der Waals surface area contributed by atoms with E-state index in [2.05, 4.69) is 25.9 Å². The van der Waals surface area contributed by atoms with Gasteiger partial charge in [-0.05, 0) is 24.7 Å². The smallest absolute Gasteiger partial charge is 0.0104 e. The summed E-state index contributed by atoms with van der Waals surface area (Å²) in [6.45, 7) is 9.45. The van der Waals surface area contributed by atoms with Gasteiger partial charge in [-0.15, -0.1) is 6.58 Å². The molecule has 0 saturated heterocycles. The molecule has 0 saturated carbocycles. The number of hydrogen-bond donors (Lipinski definition) is 1. The SMILES string of the molecule is C=CC(C)CCC(C)CCNN(C)C. The third kappa shape index (κ3) is 8.27. The topological polar surface area (TPSA) is 15.3 Å². The van der Waals surface area contributed by atoms with Crippen LogP contribution in [0.15, 0.2) is 12.7 Å². The summed E-state index contributed by atoms with van der Waals surface area (Å²) in [6.07, 6.45) is 5.88. The average Bonchev–Trinajstić information content (AvgIpc) is 2.13. The maximum Gasteiger partial charge on any atom is 0.0104 e. The molecule has 0 heterocycles. The molecule has 0 rings (SSSR count). The molecule has 2 unspecified atom stereocenters. The van der Waals surface area contributed by atoms with E-state index in [9.17, 15) is 0 Å². The number of nitrogens with one attached hydrogen (secondary N) is 1. The van der Waals surface area contributed by atoms with Gasteiger partial charge in [-0.25, -0.2) is 0 Å². The minimum atomic E-state index is 0.666. The van der Waals surface area contributed by atoms with Crippen LogP contribution in [0.3, 0.4) is 0 Å². The van der Waals surface area contributed by atoms with Crippen molar-refractivity contribution < 1.29 is 0 Å².